The number of amidine groups is 1. The number of benzene rings is 2. The van der Waals surface area contributed by atoms with E-state index in [-0.39, 0.29) is 5.91 Å². The van der Waals surface area contributed by atoms with Crippen LogP contribution >= 0.6 is 11.8 Å². The lowest BCUT2D eigenvalue weighted by Gasteiger charge is -2.34. The van der Waals surface area contributed by atoms with Crippen LogP contribution in [0.4, 0.5) is 0 Å². The molecule has 0 saturated heterocycles. The van der Waals surface area contributed by atoms with Crippen molar-refractivity contribution >= 4 is 28.5 Å². The van der Waals surface area contributed by atoms with Crippen molar-refractivity contribution in [2.75, 3.05) is 12.9 Å². The first-order chi connectivity index (χ1) is 14.1. The monoisotopic (exact) mass is 408 g/mol. The third-order valence-corrected chi connectivity index (χ3v) is 5.92. The fraction of sp³-hybridized carbons (Fsp3) is 0.318. The largest absolute Gasteiger partial charge is 0.496 e. The Kier molecular flexibility index (Phi) is 5.58. The van der Waals surface area contributed by atoms with Gasteiger partial charge in [0.15, 0.2) is 11.3 Å². The molecule has 7 heteroatoms. The predicted octanol–water partition coefficient (Wildman–Crippen LogP) is 2.68. The molecule has 4 rings (SSSR count). The van der Waals surface area contributed by atoms with E-state index in [1.807, 2.05) is 49.4 Å². The molecule has 0 saturated carbocycles. The maximum atomic E-state index is 13.0. The molecule has 150 valence electrons. The zero-order valence-electron chi connectivity index (χ0n) is 16.8. The van der Waals surface area contributed by atoms with Crippen LogP contribution in [-0.4, -0.2) is 28.9 Å². The van der Waals surface area contributed by atoms with Crippen molar-refractivity contribution in [2.45, 2.75) is 32.9 Å². The molecule has 2 aromatic carbocycles. The SMILES string of the molecule is CCCCSC1=NN2C(=c3ccccc3=NC2c2ccc(OC)c(C)c2)C(=O)N1. The molecule has 2 aliphatic heterocycles. The molecule has 2 aromatic rings. The summed E-state index contributed by atoms with van der Waals surface area (Å²) in [4.78, 5) is 18.0. The van der Waals surface area contributed by atoms with Gasteiger partial charge in [-0.3, -0.25) is 15.1 Å². The molecule has 0 spiro atoms. The molecule has 1 amide bonds. The summed E-state index contributed by atoms with van der Waals surface area (Å²) in [7, 11) is 1.66. The molecular weight excluding hydrogens is 384 g/mol. The number of hydrogen-bond acceptors (Lipinski definition) is 6. The molecule has 0 aromatic heterocycles. The van der Waals surface area contributed by atoms with E-state index in [4.69, 9.17) is 14.8 Å². The van der Waals surface area contributed by atoms with Gasteiger partial charge in [0.05, 0.1) is 12.5 Å². The van der Waals surface area contributed by atoms with E-state index in [1.165, 1.54) is 0 Å². The van der Waals surface area contributed by atoms with Gasteiger partial charge in [-0.05, 0) is 42.7 Å². The Balaban J connectivity index is 1.83. The summed E-state index contributed by atoms with van der Waals surface area (Å²) in [6.45, 7) is 4.15. The number of thioether (sulfide) groups is 1. The zero-order chi connectivity index (χ0) is 20.4. The third-order valence-electron chi connectivity index (χ3n) is 4.97. The van der Waals surface area contributed by atoms with Crippen molar-refractivity contribution in [2.24, 2.45) is 10.1 Å². The number of methoxy groups -OCH3 is 1. The molecular formula is C22H24N4O2S. The van der Waals surface area contributed by atoms with Crippen molar-refractivity contribution in [3.05, 3.63) is 64.2 Å². The van der Waals surface area contributed by atoms with E-state index in [0.29, 0.717) is 10.9 Å². The van der Waals surface area contributed by atoms with Crippen LogP contribution in [0.25, 0.3) is 5.70 Å². The van der Waals surface area contributed by atoms with Gasteiger partial charge in [0, 0.05) is 11.0 Å². The van der Waals surface area contributed by atoms with E-state index < -0.39 is 6.17 Å². The molecule has 0 bridgehead atoms. The first-order valence-electron chi connectivity index (χ1n) is 9.76. The second-order valence-electron chi connectivity index (χ2n) is 7.00. The highest BCUT2D eigenvalue weighted by atomic mass is 32.2. The Morgan fingerprint density at radius 2 is 2.07 bits per heavy atom. The fourth-order valence-electron chi connectivity index (χ4n) is 3.48. The average Bonchev–Trinajstić information content (AvgIpc) is 2.73. The van der Waals surface area contributed by atoms with Gasteiger partial charge in [-0.1, -0.05) is 49.4 Å². The number of aryl methyl sites for hydroxylation is 1. The lowest BCUT2D eigenvalue weighted by atomic mass is 10.1. The van der Waals surface area contributed by atoms with Gasteiger partial charge in [0.1, 0.15) is 11.4 Å². The quantitative estimate of drug-likeness (QED) is 0.773. The topological polar surface area (TPSA) is 66.3 Å². The number of hydrazone groups is 1. The van der Waals surface area contributed by atoms with E-state index in [0.717, 1.165) is 46.0 Å². The molecule has 1 N–H and O–H groups in total. The zero-order valence-corrected chi connectivity index (χ0v) is 17.6. The first kappa shape index (κ1) is 19.5. The summed E-state index contributed by atoms with van der Waals surface area (Å²) < 4.78 is 5.39. The molecule has 1 atom stereocenters. The van der Waals surface area contributed by atoms with Crippen molar-refractivity contribution in [1.29, 1.82) is 0 Å². The van der Waals surface area contributed by atoms with Crippen LogP contribution in [0, 0.1) is 6.92 Å². The molecule has 0 aliphatic carbocycles. The maximum Gasteiger partial charge on any atom is 0.276 e. The number of ether oxygens (including phenoxy) is 1. The van der Waals surface area contributed by atoms with Gasteiger partial charge in [-0.15, -0.1) is 5.10 Å². The fourth-order valence-corrected chi connectivity index (χ4v) is 4.42. The Labute approximate surface area is 174 Å². The van der Waals surface area contributed by atoms with Gasteiger partial charge in [0.25, 0.3) is 5.91 Å². The highest BCUT2D eigenvalue weighted by molar-refractivity contribution is 8.13. The number of rotatable bonds is 5. The minimum Gasteiger partial charge on any atom is -0.496 e. The number of carbonyl (C=O) groups excluding carboxylic acids is 1. The number of nitrogens with one attached hydrogen (secondary N) is 1. The van der Waals surface area contributed by atoms with Crippen LogP contribution in [0.1, 0.15) is 37.1 Å². The van der Waals surface area contributed by atoms with Crippen LogP contribution < -0.4 is 20.6 Å². The number of hydrogen-bond donors (Lipinski definition) is 1. The predicted molar refractivity (Wildman–Crippen MR) is 116 cm³/mol. The first-order valence-corrected chi connectivity index (χ1v) is 10.7. The smallest absolute Gasteiger partial charge is 0.276 e. The van der Waals surface area contributed by atoms with Crippen molar-refractivity contribution in [3.63, 3.8) is 0 Å². The second-order valence-corrected chi connectivity index (χ2v) is 8.09. The van der Waals surface area contributed by atoms with Crippen LogP contribution in [0.5, 0.6) is 5.75 Å². The third kappa shape index (κ3) is 3.74. The van der Waals surface area contributed by atoms with Crippen LogP contribution in [-0.2, 0) is 4.79 Å². The molecule has 0 fully saturated rings. The van der Waals surface area contributed by atoms with Crippen LogP contribution in [0.15, 0.2) is 52.6 Å². The molecule has 1 unspecified atom stereocenters. The molecule has 0 radical (unpaired) electrons. The van der Waals surface area contributed by atoms with Gasteiger partial charge < -0.3 is 4.74 Å². The van der Waals surface area contributed by atoms with E-state index >= 15 is 0 Å². The standard InChI is InChI=1S/C22H24N4O2S/c1-4-5-12-29-22-24-21(27)19-16-8-6-7-9-17(16)23-20(26(19)25-22)15-10-11-18(28-3)14(2)13-15/h6-11,13,20H,4-5,12H2,1-3H3,(H,24,25,27). The maximum absolute atomic E-state index is 13.0. The lowest BCUT2D eigenvalue weighted by molar-refractivity contribution is -0.116. The van der Waals surface area contributed by atoms with Crippen LogP contribution in [0.3, 0.4) is 0 Å². The van der Waals surface area contributed by atoms with Crippen LogP contribution in [0.2, 0.25) is 0 Å². The summed E-state index contributed by atoms with van der Waals surface area (Å²) in [6, 6.07) is 13.7. The number of unbranched alkanes of at least 4 members (excludes halogenated alkanes) is 1. The summed E-state index contributed by atoms with van der Waals surface area (Å²) in [5.41, 5.74) is 2.52. The van der Waals surface area contributed by atoms with Gasteiger partial charge in [-0.2, -0.15) is 0 Å². The highest BCUT2D eigenvalue weighted by Crippen LogP contribution is 2.32. The molecule has 2 aliphatic rings. The number of para-hydroxylation sites is 1. The van der Waals surface area contributed by atoms with Gasteiger partial charge in [0.2, 0.25) is 0 Å². The number of carbonyl (C=O) groups is 1. The number of nitrogens with zero attached hydrogens (tertiary/aromatic N) is 3. The molecule has 2 heterocycles. The normalized spacial score (nSPS) is 17.7. The Morgan fingerprint density at radius 3 is 2.83 bits per heavy atom. The number of amides is 1. The summed E-state index contributed by atoms with van der Waals surface area (Å²) >= 11 is 1.57. The van der Waals surface area contributed by atoms with Crippen molar-refractivity contribution in [3.8, 4) is 5.75 Å². The molecule has 29 heavy (non-hydrogen) atoms. The Bertz CT molecular complexity index is 1100. The second kappa shape index (κ2) is 8.29. The number of fused-ring (bicyclic) bond motifs is 2. The Hall–Kier alpha value is -2.80. The molecule has 6 nitrogen and oxygen atoms in total. The summed E-state index contributed by atoms with van der Waals surface area (Å²) in [5.74, 6) is 1.60. The minimum absolute atomic E-state index is 0.142. The van der Waals surface area contributed by atoms with Gasteiger partial charge >= 0.3 is 0 Å². The van der Waals surface area contributed by atoms with E-state index in [2.05, 4.69) is 12.2 Å². The lowest BCUT2D eigenvalue weighted by Crippen LogP contribution is -2.50. The van der Waals surface area contributed by atoms with E-state index in [9.17, 15) is 4.79 Å². The average molecular weight is 409 g/mol. The summed E-state index contributed by atoms with van der Waals surface area (Å²) in [5, 5.41) is 11.7. The van der Waals surface area contributed by atoms with Crippen molar-refractivity contribution < 1.29 is 9.53 Å². The highest BCUT2D eigenvalue weighted by Gasteiger charge is 2.34. The van der Waals surface area contributed by atoms with Crippen molar-refractivity contribution in [1.82, 2.24) is 10.3 Å². The van der Waals surface area contributed by atoms with Gasteiger partial charge in [-0.25, -0.2) is 5.01 Å². The minimum atomic E-state index is -0.405. The Morgan fingerprint density at radius 1 is 1.24 bits per heavy atom. The summed E-state index contributed by atoms with van der Waals surface area (Å²) in [6.07, 6.45) is 1.77. The van der Waals surface area contributed by atoms with E-state index in [1.54, 1.807) is 23.9 Å².